The predicted molar refractivity (Wildman–Crippen MR) is 118 cm³/mol. The first-order valence-electron chi connectivity index (χ1n) is 10.1. The molecule has 1 saturated heterocycles. The smallest absolute Gasteiger partial charge is 0.405 e. The van der Waals surface area contributed by atoms with Gasteiger partial charge in [0.2, 0.25) is 5.91 Å². The molecule has 1 fully saturated rings. The van der Waals surface area contributed by atoms with E-state index in [1.54, 1.807) is 24.3 Å². The largest absolute Gasteiger partial charge is 0.465 e. The second kappa shape index (κ2) is 9.51. The molecule has 0 aliphatic carbocycles. The summed E-state index contributed by atoms with van der Waals surface area (Å²) in [5.41, 5.74) is -0.878. The molecule has 0 atom stereocenters. The monoisotopic (exact) mass is 456 g/mol. The van der Waals surface area contributed by atoms with E-state index < -0.39 is 23.4 Å². The van der Waals surface area contributed by atoms with Gasteiger partial charge in [-0.05, 0) is 44.2 Å². The molecule has 1 aromatic heterocycles. The first kappa shape index (κ1) is 23.4. The van der Waals surface area contributed by atoms with Crippen LogP contribution in [0.25, 0.3) is 5.69 Å². The van der Waals surface area contributed by atoms with E-state index in [1.165, 1.54) is 40.5 Å². The van der Waals surface area contributed by atoms with Crippen molar-refractivity contribution in [1.29, 1.82) is 0 Å². The van der Waals surface area contributed by atoms with Crippen molar-refractivity contribution in [2.45, 2.75) is 19.4 Å². The van der Waals surface area contributed by atoms with E-state index in [2.05, 4.69) is 15.6 Å². The molecule has 2 heterocycles. The number of anilines is 1. The second-order valence-electron chi connectivity index (χ2n) is 7.94. The number of nitrogens with one attached hydrogen (secondary N) is 2. The lowest BCUT2D eigenvalue weighted by Gasteiger charge is -2.38. The molecule has 4 amide bonds. The molecule has 2 aromatic rings. The van der Waals surface area contributed by atoms with Gasteiger partial charge in [0.05, 0.1) is 5.69 Å². The van der Waals surface area contributed by atoms with Gasteiger partial charge in [-0.2, -0.15) is 4.98 Å². The zero-order chi connectivity index (χ0) is 24.2. The van der Waals surface area contributed by atoms with Gasteiger partial charge in [0.15, 0.2) is 0 Å². The summed E-state index contributed by atoms with van der Waals surface area (Å²) in [5.74, 6) is -0.299. The predicted octanol–water partition coefficient (Wildman–Crippen LogP) is 0.767. The maximum Gasteiger partial charge on any atom is 0.405 e. The molecule has 33 heavy (non-hydrogen) atoms. The van der Waals surface area contributed by atoms with Crippen LogP contribution in [-0.4, -0.2) is 80.5 Å². The third-order valence-corrected chi connectivity index (χ3v) is 5.15. The number of aldehydes is 1. The number of amides is 4. The number of carbonyl (C=O) groups is 4. The van der Waals surface area contributed by atoms with Crippen LogP contribution in [0, 0.1) is 0 Å². The third kappa shape index (κ3) is 5.53. The number of aromatic nitrogens is 2. The highest BCUT2D eigenvalue weighted by atomic mass is 16.4. The van der Waals surface area contributed by atoms with E-state index in [0.717, 1.165) is 0 Å². The van der Waals surface area contributed by atoms with Crippen LogP contribution in [0.3, 0.4) is 0 Å². The van der Waals surface area contributed by atoms with Crippen LogP contribution in [0.15, 0.2) is 41.3 Å². The van der Waals surface area contributed by atoms with E-state index in [0.29, 0.717) is 17.5 Å². The zero-order valence-corrected chi connectivity index (χ0v) is 18.1. The fourth-order valence-electron chi connectivity index (χ4n) is 3.40. The Balaban J connectivity index is 1.59. The summed E-state index contributed by atoms with van der Waals surface area (Å²) >= 11 is 0. The van der Waals surface area contributed by atoms with Crippen molar-refractivity contribution in [2.24, 2.45) is 0 Å². The van der Waals surface area contributed by atoms with Gasteiger partial charge in [0.25, 0.3) is 0 Å². The van der Waals surface area contributed by atoms with Crippen LogP contribution in [0.2, 0.25) is 0 Å². The van der Waals surface area contributed by atoms with E-state index in [4.69, 9.17) is 5.11 Å². The lowest BCUT2D eigenvalue weighted by atomic mass is 10.0. The molecule has 0 radical (unpaired) electrons. The highest BCUT2D eigenvalue weighted by Gasteiger charge is 2.35. The zero-order valence-electron chi connectivity index (χ0n) is 18.1. The Bertz CT molecular complexity index is 1120. The molecule has 0 unspecified atom stereocenters. The maximum absolute atomic E-state index is 12.6. The van der Waals surface area contributed by atoms with Gasteiger partial charge < -0.3 is 20.2 Å². The van der Waals surface area contributed by atoms with Gasteiger partial charge in [0.1, 0.15) is 17.6 Å². The Morgan fingerprint density at radius 2 is 1.64 bits per heavy atom. The molecule has 12 heteroatoms. The summed E-state index contributed by atoms with van der Waals surface area (Å²) in [6.07, 6.45) is 0.876. The molecule has 174 valence electrons. The molecule has 1 aromatic carbocycles. The van der Waals surface area contributed by atoms with Gasteiger partial charge >= 0.3 is 17.8 Å². The van der Waals surface area contributed by atoms with Gasteiger partial charge in [0, 0.05) is 37.9 Å². The quantitative estimate of drug-likeness (QED) is 0.562. The SMILES string of the molecule is CC(C)(NC(=O)O)C(=O)N1CCN(C(=O)Nc2ccn(-c3ccc(C=O)cc3)c(=O)n2)CC1. The van der Waals surface area contributed by atoms with E-state index in [9.17, 15) is 24.0 Å². The normalized spacial score (nSPS) is 13.9. The Labute approximate surface area is 188 Å². The lowest BCUT2D eigenvalue weighted by Crippen LogP contribution is -2.60. The van der Waals surface area contributed by atoms with Crippen molar-refractivity contribution in [3.8, 4) is 5.69 Å². The number of carbonyl (C=O) groups excluding carboxylic acids is 3. The molecule has 12 nitrogen and oxygen atoms in total. The van der Waals surface area contributed by atoms with Crippen molar-refractivity contribution < 1.29 is 24.3 Å². The average molecular weight is 456 g/mol. The van der Waals surface area contributed by atoms with Crippen LogP contribution in [0.4, 0.5) is 15.4 Å². The highest BCUT2D eigenvalue weighted by Crippen LogP contribution is 2.13. The minimum absolute atomic E-state index is 0.0797. The van der Waals surface area contributed by atoms with Crippen LogP contribution >= 0.6 is 0 Å². The Morgan fingerprint density at radius 1 is 1.03 bits per heavy atom. The highest BCUT2D eigenvalue weighted by molar-refractivity contribution is 5.90. The molecule has 3 rings (SSSR count). The standard InChI is InChI=1S/C21H24N6O6/c1-21(2,24-20(32)33)17(29)25-9-11-26(12-10-25)18(30)22-16-7-8-27(19(31)23-16)15-5-3-14(13-28)4-6-15/h3-8,13,24H,9-12H2,1-2H3,(H,32,33)(H,22,23,30,31). The first-order chi connectivity index (χ1) is 15.6. The summed E-state index contributed by atoms with van der Waals surface area (Å²) in [4.78, 5) is 66.0. The molecule has 0 spiro atoms. The van der Waals surface area contributed by atoms with Gasteiger partial charge in [-0.3, -0.25) is 19.5 Å². The van der Waals surface area contributed by atoms with Crippen molar-refractivity contribution >= 4 is 30.1 Å². The Hall–Kier alpha value is -4.22. The average Bonchev–Trinajstić information content (AvgIpc) is 2.78. The van der Waals surface area contributed by atoms with Crippen molar-refractivity contribution in [2.75, 3.05) is 31.5 Å². The lowest BCUT2D eigenvalue weighted by molar-refractivity contribution is -0.138. The van der Waals surface area contributed by atoms with Gasteiger partial charge in [-0.15, -0.1) is 0 Å². The maximum atomic E-state index is 12.6. The number of piperazine rings is 1. The molecule has 0 bridgehead atoms. The molecular formula is C21H24N6O6. The first-order valence-corrected chi connectivity index (χ1v) is 10.1. The minimum Gasteiger partial charge on any atom is -0.465 e. The van der Waals surface area contributed by atoms with E-state index in [1.807, 2.05) is 0 Å². The van der Waals surface area contributed by atoms with Crippen molar-refractivity contribution in [3.63, 3.8) is 0 Å². The third-order valence-electron chi connectivity index (χ3n) is 5.15. The molecule has 1 aliphatic rings. The number of urea groups is 1. The fourth-order valence-corrected chi connectivity index (χ4v) is 3.40. The van der Waals surface area contributed by atoms with Gasteiger partial charge in [-0.1, -0.05) is 0 Å². The molecule has 1 aliphatic heterocycles. The minimum atomic E-state index is -1.29. The topological polar surface area (TPSA) is 154 Å². The van der Waals surface area contributed by atoms with E-state index >= 15 is 0 Å². The summed E-state index contributed by atoms with van der Waals surface area (Å²) in [6.45, 7) is 3.91. The second-order valence-corrected chi connectivity index (χ2v) is 7.94. The summed E-state index contributed by atoms with van der Waals surface area (Å²) in [6, 6.07) is 7.39. The summed E-state index contributed by atoms with van der Waals surface area (Å²) in [5, 5.41) is 13.6. The number of carboxylic acid groups (broad SMARTS) is 1. The molecule has 0 saturated carbocycles. The molecule has 3 N–H and O–H groups in total. The Morgan fingerprint density at radius 3 is 2.18 bits per heavy atom. The van der Waals surface area contributed by atoms with Crippen LogP contribution in [-0.2, 0) is 4.79 Å². The van der Waals surface area contributed by atoms with Crippen molar-refractivity contribution in [3.05, 3.63) is 52.6 Å². The fraction of sp³-hybridized carbons (Fsp3) is 0.333. The van der Waals surface area contributed by atoms with Crippen LogP contribution in [0.5, 0.6) is 0 Å². The number of nitrogens with zero attached hydrogens (tertiary/aromatic N) is 4. The number of benzene rings is 1. The van der Waals surface area contributed by atoms with Crippen LogP contribution < -0.4 is 16.3 Å². The van der Waals surface area contributed by atoms with Gasteiger partial charge in [-0.25, -0.2) is 14.4 Å². The summed E-state index contributed by atoms with van der Waals surface area (Å²) in [7, 11) is 0. The van der Waals surface area contributed by atoms with Crippen molar-refractivity contribution in [1.82, 2.24) is 24.7 Å². The Kier molecular flexibility index (Phi) is 6.75. The molecular weight excluding hydrogens is 432 g/mol. The number of hydrogen-bond acceptors (Lipinski definition) is 6. The van der Waals surface area contributed by atoms with E-state index in [-0.39, 0.29) is 37.9 Å². The number of hydrogen-bond donors (Lipinski definition) is 3. The number of rotatable bonds is 5. The summed E-state index contributed by atoms with van der Waals surface area (Å²) < 4.78 is 1.28. The van der Waals surface area contributed by atoms with Crippen LogP contribution in [0.1, 0.15) is 24.2 Å².